The summed E-state index contributed by atoms with van der Waals surface area (Å²) < 4.78 is 4.58. The lowest BCUT2D eigenvalue weighted by atomic mass is 10.1. The second-order valence-electron chi connectivity index (χ2n) is 3.64. The number of rotatable bonds is 2. The van der Waals surface area contributed by atoms with Crippen molar-refractivity contribution in [3.8, 4) is 0 Å². The van der Waals surface area contributed by atoms with Crippen molar-refractivity contribution in [3.63, 3.8) is 0 Å². The Balaban J connectivity index is 3.75. The molecular weight excluding hydrogens is 158 g/mol. The molecule has 0 aliphatic rings. The minimum Gasteiger partial charge on any atom is -0.420 e. The number of aliphatic hydroxyl groups is 1. The van der Waals surface area contributed by atoms with Gasteiger partial charge in [0, 0.05) is 12.0 Å². The topological polar surface area (TPSA) is 58.6 Å². The number of carbonyl (C=O) groups is 1. The van der Waals surface area contributed by atoms with Crippen LogP contribution in [0, 0.1) is 0 Å². The van der Waals surface area contributed by atoms with Crippen molar-refractivity contribution in [1.82, 2.24) is 5.32 Å². The lowest BCUT2D eigenvalue weighted by Gasteiger charge is -2.21. The second kappa shape index (κ2) is 4.30. The molecule has 12 heavy (non-hydrogen) atoms. The number of ether oxygens (including phenoxy) is 1. The molecule has 0 fully saturated rings. The average molecular weight is 175 g/mol. The molecule has 0 aliphatic heterocycles. The summed E-state index contributed by atoms with van der Waals surface area (Å²) in [6, 6.07) is 0. The van der Waals surface area contributed by atoms with Crippen molar-refractivity contribution in [2.45, 2.75) is 45.9 Å². The fourth-order valence-electron chi connectivity index (χ4n) is 0.543. The summed E-state index contributed by atoms with van der Waals surface area (Å²) in [6.07, 6.45) is -1.19. The molecule has 0 aromatic carbocycles. The molecule has 0 saturated heterocycles. The lowest BCUT2D eigenvalue weighted by Crippen LogP contribution is -2.42. The van der Waals surface area contributed by atoms with Gasteiger partial charge < -0.3 is 15.2 Å². The van der Waals surface area contributed by atoms with Crippen LogP contribution in [0.2, 0.25) is 0 Å². The first-order valence-corrected chi connectivity index (χ1v) is 4.02. The largest absolute Gasteiger partial charge is 0.420 e. The van der Waals surface area contributed by atoms with Crippen LogP contribution in [0.5, 0.6) is 0 Å². The zero-order valence-corrected chi connectivity index (χ0v) is 8.05. The van der Waals surface area contributed by atoms with E-state index in [0.29, 0.717) is 6.42 Å². The van der Waals surface area contributed by atoms with Crippen LogP contribution in [-0.4, -0.2) is 23.0 Å². The molecule has 0 spiro atoms. The van der Waals surface area contributed by atoms with Crippen molar-refractivity contribution < 1.29 is 14.6 Å². The first-order valence-electron chi connectivity index (χ1n) is 4.02. The quantitative estimate of drug-likeness (QED) is 0.621. The van der Waals surface area contributed by atoms with Gasteiger partial charge >= 0.3 is 6.09 Å². The summed E-state index contributed by atoms with van der Waals surface area (Å²) in [5, 5.41) is 11.5. The van der Waals surface area contributed by atoms with Gasteiger partial charge in [-0.2, -0.15) is 0 Å². The highest BCUT2D eigenvalue weighted by Gasteiger charge is 2.16. The standard InChI is InChI=1S/C8H17NO3/c1-5-6(10)12-7(11)9-8(2,3)4/h6,10H,5H2,1-4H3,(H,9,11). The maximum atomic E-state index is 10.9. The van der Waals surface area contributed by atoms with Gasteiger partial charge in [-0.3, -0.25) is 0 Å². The van der Waals surface area contributed by atoms with Gasteiger partial charge in [0.05, 0.1) is 0 Å². The molecule has 0 heterocycles. The molecule has 72 valence electrons. The summed E-state index contributed by atoms with van der Waals surface area (Å²) in [5.74, 6) is 0. The number of alkyl carbamates (subject to hydrolysis) is 1. The summed E-state index contributed by atoms with van der Waals surface area (Å²) in [4.78, 5) is 10.9. The molecule has 1 unspecified atom stereocenters. The molecule has 4 nitrogen and oxygen atoms in total. The maximum Gasteiger partial charge on any atom is 0.409 e. The van der Waals surface area contributed by atoms with Crippen LogP contribution in [0.3, 0.4) is 0 Å². The minimum atomic E-state index is -1.01. The predicted molar refractivity (Wildman–Crippen MR) is 45.7 cm³/mol. The van der Waals surface area contributed by atoms with Gasteiger partial charge in [-0.15, -0.1) is 0 Å². The van der Waals surface area contributed by atoms with Crippen molar-refractivity contribution >= 4 is 6.09 Å². The van der Waals surface area contributed by atoms with Crippen LogP contribution in [0.4, 0.5) is 4.79 Å². The highest BCUT2D eigenvalue weighted by Crippen LogP contribution is 2.00. The molecule has 0 radical (unpaired) electrons. The van der Waals surface area contributed by atoms with Gasteiger partial charge in [0.1, 0.15) is 0 Å². The van der Waals surface area contributed by atoms with E-state index >= 15 is 0 Å². The number of amides is 1. The summed E-state index contributed by atoms with van der Waals surface area (Å²) in [7, 11) is 0. The van der Waals surface area contributed by atoms with E-state index in [1.54, 1.807) is 6.92 Å². The molecule has 4 heteroatoms. The number of hydrogen-bond donors (Lipinski definition) is 2. The van der Waals surface area contributed by atoms with E-state index in [-0.39, 0.29) is 5.54 Å². The van der Waals surface area contributed by atoms with E-state index in [9.17, 15) is 4.79 Å². The zero-order chi connectivity index (χ0) is 9.78. The predicted octanol–water partition coefficient (Wildman–Crippen LogP) is 1.24. The summed E-state index contributed by atoms with van der Waals surface area (Å²) in [5.41, 5.74) is -0.329. The fourth-order valence-corrected chi connectivity index (χ4v) is 0.543. The molecule has 0 aliphatic carbocycles. The Bertz CT molecular complexity index is 151. The van der Waals surface area contributed by atoms with E-state index in [1.807, 2.05) is 20.8 Å². The second-order valence-corrected chi connectivity index (χ2v) is 3.64. The SMILES string of the molecule is CCC(O)OC(=O)NC(C)(C)C. The van der Waals surface area contributed by atoms with Crippen LogP contribution >= 0.6 is 0 Å². The molecule has 0 bridgehead atoms. The van der Waals surface area contributed by atoms with Crippen molar-refractivity contribution in [3.05, 3.63) is 0 Å². The van der Waals surface area contributed by atoms with Gasteiger partial charge in [0.2, 0.25) is 6.29 Å². The normalized spacial score (nSPS) is 13.8. The van der Waals surface area contributed by atoms with Crippen LogP contribution in [0.15, 0.2) is 0 Å². The third kappa shape index (κ3) is 5.97. The Hall–Kier alpha value is -0.770. The van der Waals surface area contributed by atoms with Crippen LogP contribution in [0.25, 0.3) is 0 Å². The number of hydrogen-bond acceptors (Lipinski definition) is 3. The van der Waals surface area contributed by atoms with Gasteiger partial charge in [-0.05, 0) is 20.8 Å². The Kier molecular flexibility index (Phi) is 4.03. The first-order chi connectivity index (χ1) is 5.35. The molecule has 2 N–H and O–H groups in total. The third-order valence-corrected chi connectivity index (χ3v) is 1.07. The smallest absolute Gasteiger partial charge is 0.409 e. The van der Waals surface area contributed by atoms with Crippen LogP contribution in [-0.2, 0) is 4.74 Å². The molecule has 0 aromatic heterocycles. The van der Waals surface area contributed by atoms with E-state index in [0.717, 1.165) is 0 Å². The van der Waals surface area contributed by atoms with Crippen LogP contribution < -0.4 is 5.32 Å². The molecule has 0 aromatic rings. The highest BCUT2D eigenvalue weighted by atomic mass is 16.6. The number of carbonyl (C=O) groups excluding carboxylic acids is 1. The molecule has 0 saturated carbocycles. The van der Waals surface area contributed by atoms with Crippen molar-refractivity contribution in [1.29, 1.82) is 0 Å². The van der Waals surface area contributed by atoms with Crippen molar-refractivity contribution in [2.24, 2.45) is 0 Å². The summed E-state index contributed by atoms with van der Waals surface area (Å²) in [6.45, 7) is 7.25. The fraction of sp³-hybridized carbons (Fsp3) is 0.875. The van der Waals surface area contributed by atoms with Gasteiger partial charge in [0.15, 0.2) is 0 Å². The van der Waals surface area contributed by atoms with Gasteiger partial charge in [-0.1, -0.05) is 6.92 Å². The Morgan fingerprint density at radius 1 is 1.58 bits per heavy atom. The number of aliphatic hydroxyl groups excluding tert-OH is 1. The first kappa shape index (κ1) is 11.2. The van der Waals surface area contributed by atoms with Crippen molar-refractivity contribution in [2.75, 3.05) is 0 Å². The monoisotopic (exact) mass is 175 g/mol. The molecule has 0 rings (SSSR count). The summed E-state index contributed by atoms with van der Waals surface area (Å²) >= 11 is 0. The van der Waals surface area contributed by atoms with Gasteiger partial charge in [-0.25, -0.2) is 4.79 Å². The van der Waals surface area contributed by atoms with E-state index < -0.39 is 12.4 Å². The Morgan fingerprint density at radius 3 is 2.42 bits per heavy atom. The van der Waals surface area contributed by atoms with Gasteiger partial charge in [0.25, 0.3) is 0 Å². The van der Waals surface area contributed by atoms with Crippen LogP contribution in [0.1, 0.15) is 34.1 Å². The highest BCUT2D eigenvalue weighted by molar-refractivity contribution is 5.68. The van der Waals surface area contributed by atoms with E-state index in [1.165, 1.54) is 0 Å². The van der Waals surface area contributed by atoms with E-state index in [4.69, 9.17) is 5.11 Å². The zero-order valence-electron chi connectivity index (χ0n) is 8.05. The molecule has 1 amide bonds. The van der Waals surface area contributed by atoms with E-state index in [2.05, 4.69) is 10.1 Å². The number of nitrogens with one attached hydrogen (secondary N) is 1. The maximum absolute atomic E-state index is 10.9. The molecule has 1 atom stereocenters. The average Bonchev–Trinajstić information content (AvgIpc) is 1.82. The minimum absolute atomic E-state index is 0.329. The Labute approximate surface area is 72.9 Å². The lowest BCUT2D eigenvalue weighted by molar-refractivity contribution is -0.0548. The third-order valence-electron chi connectivity index (χ3n) is 1.07. The molecular formula is C8H17NO3. The Morgan fingerprint density at radius 2 is 2.08 bits per heavy atom.